The fraction of sp³-hybridized carbons (Fsp3) is 0.667. The van der Waals surface area contributed by atoms with Crippen LogP contribution in [-0.4, -0.2) is 30.0 Å². The first-order valence-electron chi connectivity index (χ1n) is 4.95. The van der Waals surface area contributed by atoms with Crippen molar-refractivity contribution in [2.45, 2.75) is 25.4 Å². The third-order valence-corrected chi connectivity index (χ3v) is 2.76. The van der Waals surface area contributed by atoms with Gasteiger partial charge >= 0.3 is 0 Å². The molecule has 2 heterocycles. The van der Waals surface area contributed by atoms with Crippen LogP contribution in [0.1, 0.15) is 19.8 Å². The number of nitrogens with zero attached hydrogens (tertiary/aromatic N) is 2. The summed E-state index contributed by atoms with van der Waals surface area (Å²) < 4.78 is 0. The van der Waals surface area contributed by atoms with Gasteiger partial charge in [0.15, 0.2) is 5.66 Å². The van der Waals surface area contributed by atoms with Crippen molar-refractivity contribution in [1.82, 2.24) is 10.2 Å². The first-order valence-corrected chi connectivity index (χ1v) is 4.95. The van der Waals surface area contributed by atoms with Gasteiger partial charge in [-0.25, -0.2) is 4.99 Å². The van der Waals surface area contributed by atoms with Gasteiger partial charge in [-0.3, -0.25) is 0 Å². The molecule has 14 heavy (non-hydrogen) atoms. The molecule has 0 amide bonds. The zero-order valence-corrected chi connectivity index (χ0v) is 8.45. The molecular formula is C9H17N5. The summed E-state index contributed by atoms with van der Waals surface area (Å²) in [6.07, 6.45) is 4.07. The van der Waals surface area contributed by atoms with Gasteiger partial charge in [-0.15, -0.1) is 0 Å². The Morgan fingerprint density at radius 1 is 1.50 bits per heavy atom. The lowest BCUT2D eigenvalue weighted by molar-refractivity contribution is 0.382. The maximum Gasteiger partial charge on any atom is 0.150 e. The van der Waals surface area contributed by atoms with E-state index in [1.165, 1.54) is 12.8 Å². The molecule has 2 aliphatic heterocycles. The molecule has 78 valence electrons. The second kappa shape index (κ2) is 3.16. The standard InChI is InChI=1S/C9H17N5/c1-9(11)7(10)8(12-6-13-9)14-4-2-3-5-14/h6H,2-5,10-11H2,1H3,(H,12,13). The average Bonchev–Trinajstić information content (AvgIpc) is 2.62. The zero-order chi connectivity index (χ0) is 10.2. The molecule has 0 aliphatic carbocycles. The summed E-state index contributed by atoms with van der Waals surface area (Å²) in [5, 5.41) is 3.08. The maximum absolute atomic E-state index is 5.97. The first-order chi connectivity index (χ1) is 6.61. The smallest absolute Gasteiger partial charge is 0.150 e. The van der Waals surface area contributed by atoms with Gasteiger partial charge in [0.25, 0.3) is 0 Å². The van der Waals surface area contributed by atoms with Crippen LogP contribution in [0.25, 0.3) is 0 Å². The highest BCUT2D eigenvalue weighted by Crippen LogP contribution is 2.21. The van der Waals surface area contributed by atoms with E-state index in [9.17, 15) is 0 Å². The van der Waals surface area contributed by atoms with Gasteiger partial charge in [0.05, 0.1) is 12.0 Å². The first kappa shape index (κ1) is 9.33. The molecular weight excluding hydrogens is 178 g/mol. The van der Waals surface area contributed by atoms with Crippen LogP contribution >= 0.6 is 0 Å². The Hall–Kier alpha value is -1.23. The molecule has 1 unspecified atom stereocenters. The van der Waals surface area contributed by atoms with Crippen molar-refractivity contribution in [2.75, 3.05) is 13.1 Å². The predicted octanol–water partition coefficient (Wildman–Crippen LogP) is -0.484. The summed E-state index contributed by atoms with van der Waals surface area (Å²) in [5.41, 5.74) is 11.8. The minimum Gasteiger partial charge on any atom is -0.396 e. The molecule has 2 rings (SSSR count). The Morgan fingerprint density at radius 3 is 2.79 bits per heavy atom. The highest BCUT2D eigenvalue weighted by atomic mass is 15.3. The van der Waals surface area contributed by atoms with E-state index < -0.39 is 5.66 Å². The monoisotopic (exact) mass is 195 g/mol. The van der Waals surface area contributed by atoms with Crippen LogP contribution in [0.15, 0.2) is 16.5 Å². The average molecular weight is 195 g/mol. The van der Waals surface area contributed by atoms with Gasteiger partial charge in [-0.1, -0.05) is 0 Å². The third-order valence-electron chi connectivity index (χ3n) is 2.76. The third kappa shape index (κ3) is 1.43. The summed E-state index contributed by atoms with van der Waals surface area (Å²) >= 11 is 0. The van der Waals surface area contributed by atoms with E-state index in [2.05, 4.69) is 15.2 Å². The molecule has 5 heteroatoms. The molecule has 0 aromatic rings. The number of nitrogens with two attached hydrogens (primary N) is 2. The molecule has 5 nitrogen and oxygen atoms in total. The van der Waals surface area contributed by atoms with E-state index in [1.807, 2.05) is 6.92 Å². The van der Waals surface area contributed by atoms with Crippen molar-refractivity contribution in [1.29, 1.82) is 0 Å². The van der Waals surface area contributed by atoms with Crippen molar-refractivity contribution >= 4 is 6.34 Å². The predicted molar refractivity (Wildman–Crippen MR) is 56.2 cm³/mol. The normalized spacial score (nSPS) is 32.3. The molecule has 0 radical (unpaired) electrons. The van der Waals surface area contributed by atoms with Crippen molar-refractivity contribution in [2.24, 2.45) is 16.5 Å². The lowest BCUT2D eigenvalue weighted by atomic mass is 10.1. The zero-order valence-electron chi connectivity index (χ0n) is 8.45. The van der Waals surface area contributed by atoms with E-state index in [1.54, 1.807) is 6.34 Å². The summed E-state index contributed by atoms with van der Waals surface area (Å²) in [6, 6.07) is 0. The molecule has 0 aromatic heterocycles. The largest absolute Gasteiger partial charge is 0.396 e. The molecule has 5 N–H and O–H groups in total. The Balaban J connectivity index is 2.24. The van der Waals surface area contributed by atoms with Crippen LogP contribution in [-0.2, 0) is 0 Å². The van der Waals surface area contributed by atoms with Crippen molar-refractivity contribution in [3.8, 4) is 0 Å². The van der Waals surface area contributed by atoms with Crippen LogP contribution in [0, 0.1) is 0 Å². The van der Waals surface area contributed by atoms with Crippen LogP contribution < -0.4 is 16.8 Å². The number of likely N-dealkylation sites (tertiary alicyclic amines) is 1. The van der Waals surface area contributed by atoms with Crippen molar-refractivity contribution in [3.05, 3.63) is 11.5 Å². The highest BCUT2D eigenvalue weighted by molar-refractivity contribution is 5.61. The minimum absolute atomic E-state index is 0.627. The summed E-state index contributed by atoms with van der Waals surface area (Å²) in [4.78, 5) is 6.32. The van der Waals surface area contributed by atoms with Crippen LogP contribution in [0.3, 0.4) is 0 Å². The van der Waals surface area contributed by atoms with Crippen LogP contribution in [0.2, 0.25) is 0 Å². The quantitative estimate of drug-likeness (QED) is 0.528. The molecule has 1 fully saturated rings. The molecule has 1 atom stereocenters. The fourth-order valence-corrected chi connectivity index (χ4v) is 1.82. The van der Waals surface area contributed by atoms with Gasteiger partial charge in [-0.05, 0) is 19.8 Å². The molecule has 2 aliphatic rings. The van der Waals surface area contributed by atoms with Crippen LogP contribution in [0.5, 0.6) is 0 Å². The van der Waals surface area contributed by atoms with Gasteiger partial charge in [0.1, 0.15) is 5.82 Å². The van der Waals surface area contributed by atoms with E-state index in [4.69, 9.17) is 11.5 Å². The van der Waals surface area contributed by atoms with Crippen molar-refractivity contribution in [3.63, 3.8) is 0 Å². The molecule has 1 saturated heterocycles. The number of hydrogen-bond acceptors (Lipinski definition) is 5. The van der Waals surface area contributed by atoms with Gasteiger partial charge < -0.3 is 21.7 Å². The second-order valence-electron chi connectivity index (χ2n) is 4.01. The Labute approximate surface area is 83.8 Å². The number of nitrogens with one attached hydrogen (secondary N) is 1. The molecule has 0 aromatic carbocycles. The van der Waals surface area contributed by atoms with Crippen molar-refractivity contribution < 1.29 is 0 Å². The number of hydrogen-bond donors (Lipinski definition) is 3. The van der Waals surface area contributed by atoms with E-state index in [0.29, 0.717) is 5.70 Å². The van der Waals surface area contributed by atoms with Gasteiger partial charge in [0.2, 0.25) is 0 Å². The SMILES string of the molecule is CC1(N)N=CNC(N2CCCC2)=C1N. The molecule has 0 bridgehead atoms. The summed E-state index contributed by atoms with van der Waals surface area (Å²) in [6.45, 7) is 3.91. The van der Waals surface area contributed by atoms with Crippen LogP contribution in [0.4, 0.5) is 0 Å². The molecule has 0 spiro atoms. The van der Waals surface area contributed by atoms with E-state index >= 15 is 0 Å². The summed E-state index contributed by atoms with van der Waals surface area (Å²) in [7, 11) is 0. The maximum atomic E-state index is 5.97. The Morgan fingerprint density at radius 2 is 2.14 bits per heavy atom. The number of aliphatic imine (C=N–C) groups is 1. The lowest BCUT2D eigenvalue weighted by Crippen LogP contribution is -2.48. The fourth-order valence-electron chi connectivity index (χ4n) is 1.82. The minimum atomic E-state index is -0.761. The highest BCUT2D eigenvalue weighted by Gasteiger charge is 2.29. The Kier molecular flexibility index (Phi) is 2.11. The van der Waals surface area contributed by atoms with E-state index in [-0.39, 0.29) is 0 Å². The van der Waals surface area contributed by atoms with Gasteiger partial charge in [-0.2, -0.15) is 0 Å². The lowest BCUT2D eigenvalue weighted by Gasteiger charge is -2.32. The summed E-state index contributed by atoms with van der Waals surface area (Å²) in [5.74, 6) is 0.933. The Bertz CT molecular complexity index is 286. The topological polar surface area (TPSA) is 79.7 Å². The second-order valence-corrected chi connectivity index (χ2v) is 4.01. The van der Waals surface area contributed by atoms with Gasteiger partial charge in [0, 0.05) is 13.1 Å². The van der Waals surface area contributed by atoms with E-state index in [0.717, 1.165) is 18.9 Å². The number of rotatable bonds is 1. The molecule has 0 saturated carbocycles.